The minimum Gasteiger partial charge on any atom is -0.304 e. The van der Waals surface area contributed by atoms with Crippen LogP contribution in [-0.2, 0) is 19.3 Å². The van der Waals surface area contributed by atoms with E-state index >= 15 is 0 Å². The first-order chi connectivity index (χ1) is 7.12. The van der Waals surface area contributed by atoms with Crippen LogP contribution in [0.15, 0.2) is 30.3 Å². The van der Waals surface area contributed by atoms with Crippen LogP contribution in [0.5, 0.6) is 0 Å². The van der Waals surface area contributed by atoms with E-state index < -0.39 is 12.1 Å². The number of hydrogen-bond donors (Lipinski definition) is 0. The third-order valence-corrected chi connectivity index (χ3v) is 2.34. The van der Waals surface area contributed by atoms with E-state index in [2.05, 4.69) is 0 Å². The largest absolute Gasteiger partial charge is 0.304 e. The first-order valence-electron chi connectivity index (χ1n) is 4.70. The summed E-state index contributed by atoms with van der Waals surface area (Å²) < 4.78 is 5.40. The Bertz CT molecular complexity index is 362. The molecule has 1 saturated heterocycles. The Hall–Kier alpha value is -1.23. The maximum Gasteiger partial charge on any atom is 0.260 e. The van der Waals surface area contributed by atoms with Crippen LogP contribution in [0.2, 0.25) is 0 Å². The van der Waals surface area contributed by atoms with E-state index in [1.54, 1.807) is 0 Å². The summed E-state index contributed by atoms with van der Waals surface area (Å²) in [6, 6.07) is 9.32. The molecule has 0 saturated carbocycles. The van der Waals surface area contributed by atoms with Gasteiger partial charge < -0.3 is 4.74 Å². The molecule has 0 N–H and O–H groups in total. The molecule has 1 aromatic carbocycles. The summed E-state index contributed by atoms with van der Waals surface area (Å²) in [7, 11) is 0. The lowest BCUT2D eigenvalue weighted by atomic mass is 10.2. The summed E-state index contributed by atoms with van der Waals surface area (Å²) >= 11 is 0. The lowest BCUT2D eigenvalue weighted by Crippen LogP contribution is -2.34. The van der Waals surface area contributed by atoms with Crippen molar-refractivity contribution in [2.75, 3.05) is 0 Å². The first-order valence-corrected chi connectivity index (χ1v) is 4.70. The fourth-order valence-corrected chi connectivity index (χ4v) is 1.25. The van der Waals surface area contributed by atoms with Gasteiger partial charge in [0.1, 0.15) is 0 Å². The molecule has 4 nitrogen and oxygen atoms in total. The van der Waals surface area contributed by atoms with Crippen molar-refractivity contribution < 1.29 is 19.3 Å². The first kappa shape index (κ1) is 10.3. The molecule has 1 aliphatic heterocycles. The zero-order chi connectivity index (χ0) is 10.9. The Kier molecular flexibility index (Phi) is 2.56. The number of ketones is 1. The molecular weight excluding hydrogens is 196 g/mol. The summed E-state index contributed by atoms with van der Waals surface area (Å²) in [4.78, 5) is 21.1. The standard InChI is InChI=1S/C11H12O4/c1-8(12)11(2)13-10(14-15-11)9-6-4-3-5-7-9/h3-7,10H,1-2H3. The maximum atomic E-state index is 11.2. The van der Waals surface area contributed by atoms with Crippen LogP contribution in [-0.4, -0.2) is 11.6 Å². The van der Waals surface area contributed by atoms with Crippen LogP contribution in [0, 0.1) is 0 Å². The van der Waals surface area contributed by atoms with E-state index in [0.717, 1.165) is 5.56 Å². The highest BCUT2D eigenvalue weighted by molar-refractivity contribution is 5.82. The van der Waals surface area contributed by atoms with Crippen molar-refractivity contribution in [2.24, 2.45) is 0 Å². The van der Waals surface area contributed by atoms with Crippen LogP contribution in [0.4, 0.5) is 0 Å². The Labute approximate surface area is 87.7 Å². The van der Waals surface area contributed by atoms with Gasteiger partial charge in [0.25, 0.3) is 5.79 Å². The lowest BCUT2D eigenvalue weighted by Gasteiger charge is -2.15. The molecule has 15 heavy (non-hydrogen) atoms. The Balaban J connectivity index is 2.14. The fraction of sp³-hybridized carbons (Fsp3) is 0.364. The number of hydrogen-bond acceptors (Lipinski definition) is 4. The number of rotatable bonds is 2. The average Bonchev–Trinajstić information content (AvgIpc) is 2.64. The van der Waals surface area contributed by atoms with Crippen molar-refractivity contribution >= 4 is 5.78 Å². The second-order valence-corrected chi connectivity index (χ2v) is 3.54. The van der Waals surface area contributed by atoms with Crippen LogP contribution in [0.1, 0.15) is 25.7 Å². The molecule has 2 rings (SSSR count). The monoisotopic (exact) mass is 208 g/mol. The van der Waals surface area contributed by atoms with Gasteiger partial charge in [-0.25, -0.2) is 0 Å². The second kappa shape index (κ2) is 3.73. The summed E-state index contributed by atoms with van der Waals surface area (Å²) in [5, 5.41) is 0. The van der Waals surface area contributed by atoms with Gasteiger partial charge in [0.2, 0.25) is 6.29 Å². The van der Waals surface area contributed by atoms with Gasteiger partial charge in [0.15, 0.2) is 5.78 Å². The summed E-state index contributed by atoms with van der Waals surface area (Å²) in [5.74, 6) is -1.51. The molecule has 0 aliphatic carbocycles. The number of Topliss-reactive ketones (excluding diaryl/α,β-unsaturated/α-hetero) is 1. The Morgan fingerprint density at radius 1 is 1.33 bits per heavy atom. The molecule has 80 valence electrons. The van der Waals surface area contributed by atoms with Crippen LogP contribution >= 0.6 is 0 Å². The van der Waals surface area contributed by atoms with Gasteiger partial charge in [-0.05, 0) is 0 Å². The van der Waals surface area contributed by atoms with Gasteiger partial charge >= 0.3 is 0 Å². The van der Waals surface area contributed by atoms with E-state index in [9.17, 15) is 4.79 Å². The van der Waals surface area contributed by atoms with Crippen molar-refractivity contribution in [3.63, 3.8) is 0 Å². The van der Waals surface area contributed by atoms with Gasteiger partial charge in [0.05, 0.1) is 0 Å². The molecule has 0 aromatic heterocycles. The molecule has 2 atom stereocenters. The van der Waals surface area contributed by atoms with E-state index in [-0.39, 0.29) is 5.78 Å². The number of ether oxygens (including phenoxy) is 1. The normalized spacial score (nSPS) is 30.4. The van der Waals surface area contributed by atoms with Crippen molar-refractivity contribution in [1.82, 2.24) is 0 Å². The van der Waals surface area contributed by atoms with Crippen molar-refractivity contribution in [3.05, 3.63) is 35.9 Å². The van der Waals surface area contributed by atoms with Crippen molar-refractivity contribution in [3.8, 4) is 0 Å². The van der Waals surface area contributed by atoms with E-state index in [0.29, 0.717) is 0 Å². The quantitative estimate of drug-likeness (QED) is 0.697. The van der Waals surface area contributed by atoms with Crippen LogP contribution in [0.3, 0.4) is 0 Å². The minimum atomic E-state index is -1.29. The molecule has 1 heterocycles. The lowest BCUT2D eigenvalue weighted by molar-refractivity contribution is -0.316. The molecule has 1 aromatic rings. The number of carbonyl (C=O) groups excluding carboxylic acids is 1. The summed E-state index contributed by atoms with van der Waals surface area (Å²) in [6.07, 6.45) is -0.639. The van der Waals surface area contributed by atoms with Crippen LogP contribution < -0.4 is 0 Å². The molecule has 0 bridgehead atoms. The van der Waals surface area contributed by atoms with E-state index in [1.807, 2.05) is 30.3 Å². The average molecular weight is 208 g/mol. The molecular formula is C11H12O4. The molecule has 1 aliphatic rings. The molecule has 0 amide bonds. The topological polar surface area (TPSA) is 44.8 Å². The van der Waals surface area contributed by atoms with Gasteiger partial charge in [-0.1, -0.05) is 30.3 Å². The van der Waals surface area contributed by atoms with E-state index in [4.69, 9.17) is 14.5 Å². The zero-order valence-corrected chi connectivity index (χ0v) is 8.60. The predicted octanol–water partition coefficient (Wildman–Crippen LogP) is 1.97. The smallest absolute Gasteiger partial charge is 0.260 e. The highest BCUT2D eigenvalue weighted by Gasteiger charge is 2.44. The molecule has 0 spiro atoms. The Morgan fingerprint density at radius 2 is 2.00 bits per heavy atom. The van der Waals surface area contributed by atoms with Gasteiger partial charge in [0, 0.05) is 19.4 Å². The van der Waals surface area contributed by atoms with Gasteiger partial charge in [-0.15, -0.1) is 0 Å². The predicted molar refractivity (Wildman–Crippen MR) is 51.5 cm³/mol. The molecule has 4 heteroatoms. The molecule has 1 fully saturated rings. The minimum absolute atomic E-state index is 0.221. The maximum absolute atomic E-state index is 11.2. The zero-order valence-electron chi connectivity index (χ0n) is 8.60. The van der Waals surface area contributed by atoms with Crippen molar-refractivity contribution in [2.45, 2.75) is 25.9 Å². The fourth-order valence-electron chi connectivity index (χ4n) is 1.25. The number of benzene rings is 1. The number of carbonyl (C=O) groups is 1. The third-order valence-electron chi connectivity index (χ3n) is 2.34. The van der Waals surface area contributed by atoms with Gasteiger partial charge in [-0.3, -0.25) is 4.79 Å². The van der Waals surface area contributed by atoms with Crippen molar-refractivity contribution in [1.29, 1.82) is 0 Å². The van der Waals surface area contributed by atoms with Gasteiger partial charge in [-0.2, -0.15) is 9.78 Å². The second-order valence-electron chi connectivity index (χ2n) is 3.54. The molecule has 2 unspecified atom stereocenters. The summed E-state index contributed by atoms with van der Waals surface area (Å²) in [5.41, 5.74) is 0.822. The SMILES string of the molecule is CC(=O)C1(C)OOC(c2ccccc2)O1. The molecule has 0 radical (unpaired) electrons. The van der Waals surface area contributed by atoms with Crippen LogP contribution in [0.25, 0.3) is 0 Å². The Morgan fingerprint density at radius 3 is 2.53 bits per heavy atom. The third kappa shape index (κ3) is 1.92. The summed E-state index contributed by atoms with van der Waals surface area (Å²) in [6.45, 7) is 2.94. The van der Waals surface area contributed by atoms with E-state index in [1.165, 1.54) is 13.8 Å². The highest BCUT2D eigenvalue weighted by atomic mass is 17.3. The highest BCUT2D eigenvalue weighted by Crippen LogP contribution is 2.34.